The zero-order valence-electron chi connectivity index (χ0n) is 12.2. The maximum absolute atomic E-state index is 8.72. The summed E-state index contributed by atoms with van der Waals surface area (Å²) in [7, 11) is 1.64. The Balaban J connectivity index is 2.67. The number of nitrogens with one attached hydrogen (secondary N) is 1. The number of methoxy groups -OCH3 is 1. The van der Waals surface area contributed by atoms with Gasteiger partial charge in [-0.25, -0.2) is 0 Å². The fraction of sp³-hybridized carbons (Fsp3) is 0.500. The number of hydrogen-bond donors (Lipinski definition) is 3. The van der Waals surface area contributed by atoms with Crippen LogP contribution in [-0.2, 0) is 6.54 Å². The van der Waals surface area contributed by atoms with Crippen LogP contribution in [0.15, 0.2) is 23.4 Å². The smallest absolute Gasteiger partial charge is 0.170 e. The van der Waals surface area contributed by atoms with Crippen molar-refractivity contribution in [2.45, 2.75) is 25.1 Å². The number of thioether (sulfide) groups is 1. The lowest BCUT2D eigenvalue weighted by atomic mass is 10.1. The maximum Gasteiger partial charge on any atom is 0.170 e. The highest BCUT2D eigenvalue weighted by Gasteiger charge is 2.07. The Kier molecular flexibility index (Phi) is 7.25. The van der Waals surface area contributed by atoms with Crippen LogP contribution in [0.1, 0.15) is 24.5 Å². The van der Waals surface area contributed by atoms with Crippen molar-refractivity contribution in [3.63, 3.8) is 0 Å². The Morgan fingerprint density at radius 1 is 1.55 bits per heavy atom. The van der Waals surface area contributed by atoms with E-state index in [1.54, 1.807) is 13.2 Å². The summed E-state index contributed by atoms with van der Waals surface area (Å²) in [4.78, 5) is 0. The van der Waals surface area contributed by atoms with Gasteiger partial charge in [0, 0.05) is 22.9 Å². The lowest BCUT2D eigenvalue weighted by Crippen LogP contribution is -2.19. The number of nitrogens with zero attached hydrogens (tertiary/aromatic N) is 1. The first-order chi connectivity index (χ1) is 9.62. The summed E-state index contributed by atoms with van der Waals surface area (Å²) in [5.74, 6) is 0.898. The zero-order valence-corrected chi connectivity index (χ0v) is 13.0. The van der Waals surface area contributed by atoms with Gasteiger partial charge in [0.1, 0.15) is 5.75 Å². The van der Waals surface area contributed by atoms with Crippen molar-refractivity contribution >= 4 is 17.6 Å². The van der Waals surface area contributed by atoms with E-state index < -0.39 is 0 Å². The van der Waals surface area contributed by atoms with Gasteiger partial charge in [0.2, 0.25) is 0 Å². The van der Waals surface area contributed by atoms with E-state index in [4.69, 9.17) is 15.7 Å². The molecule has 6 heteroatoms. The molecule has 5 nitrogen and oxygen atoms in total. The summed E-state index contributed by atoms with van der Waals surface area (Å²) in [6.07, 6.45) is 3.23. The van der Waals surface area contributed by atoms with Gasteiger partial charge in [-0.1, -0.05) is 12.1 Å². The molecule has 1 unspecified atom stereocenters. The molecule has 112 valence electrons. The van der Waals surface area contributed by atoms with E-state index in [0.29, 0.717) is 17.4 Å². The first-order valence-corrected chi connectivity index (χ1v) is 7.79. The largest absolute Gasteiger partial charge is 0.496 e. The van der Waals surface area contributed by atoms with E-state index in [2.05, 4.69) is 23.7 Å². The molecule has 0 radical (unpaired) electrons. The molecule has 0 spiro atoms. The summed E-state index contributed by atoms with van der Waals surface area (Å²) in [6, 6.07) is 5.47. The Labute approximate surface area is 124 Å². The van der Waals surface area contributed by atoms with Crippen LogP contribution < -0.4 is 15.8 Å². The van der Waals surface area contributed by atoms with Gasteiger partial charge >= 0.3 is 0 Å². The minimum absolute atomic E-state index is 0.102. The van der Waals surface area contributed by atoms with Gasteiger partial charge in [0.25, 0.3) is 0 Å². The van der Waals surface area contributed by atoms with Crippen molar-refractivity contribution in [2.24, 2.45) is 10.9 Å². The van der Waals surface area contributed by atoms with Crippen LogP contribution >= 0.6 is 11.8 Å². The molecule has 0 aliphatic heterocycles. The van der Waals surface area contributed by atoms with Crippen molar-refractivity contribution in [3.8, 4) is 5.75 Å². The molecule has 0 heterocycles. The normalized spacial score (nSPS) is 13.2. The van der Waals surface area contributed by atoms with Crippen molar-refractivity contribution in [1.82, 2.24) is 5.32 Å². The molecule has 0 aliphatic carbocycles. The van der Waals surface area contributed by atoms with Crippen LogP contribution in [0.25, 0.3) is 0 Å². The third-order valence-electron chi connectivity index (χ3n) is 3.13. The molecule has 20 heavy (non-hydrogen) atoms. The monoisotopic (exact) mass is 297 g/mol. The number of oxime groups is 1. The summed E-state index contributed by atoms with van der Waals surface area (Å²) in [5.41, 5.74) is 7.28. The number of amidine groups is 1. The van der Waals surface area contributed by atoms with E-state index in [0.717, 1.165) is 24.3 Å². The van der Waals surface area contributed by atoms with Gasteiger partial charge in [-0.2, -0.15) is 11.8 Å². The second-order valence-corrected chi connectivity index (χ2v) is 5.80. The predicted molar refractivity (Wildman–Crippen MR) is 84.8 cm³/mol. The topological polar surface area (TPSA) is 79.9 Å². The summed E-state index contributed by atoms with van der Waals surface area (Å²) < 4.78 is 5.33. The van der Waals surface area contributed by atoms with Gasteiger partial charge in [-0.3, -0.25) is 0 Å². The molecule has 4 N–H and O–H groups in total. The van der Waals surface area contributed by atoms with Crippen molar-refractivity contribution in [1.29, 1.82) is 0 Å². The van der Waals surface area contributed by atoms with Gasteiger partial charge in [-0.15, -0.1) is 0 Å². The molecule has 1 aromatic rings. The van der Waals surface area contributed by atoms with Crippen LogP contribution in [-0.4, -0.2) is 36.2 Å². The Morgan fingerprint density at radius 2 is 2.30 bits per heavy atom. The molecule has 0 saturated heterocycles. The number of hydrogen-bond acceptors (Lipinski definition) is 5. The third-order valence-corrected chi connectivity index (χ3v) is 4.17. The van der Waals surface area contributed by atoms with Crippen molar-refractivity contribution in [2.75, 3.05) is 19.9 Å². The molecule has 0 aliphatic rings. The van der Waals surface area contributed by atoms with Crippen LogP contribution in [0.4, 0.5) is 0 Å². The Hall–Kier alpha value is -1.40. The van der Waals surface area contributed by atoms with E-state index in [9.17, 15) is 0 Å². The molecule has 0 bridgehead atoms. The molecule has 0 saturated carbocycles. The number of rotatable bonds is 8. The predicted octanol–water partition coefficient (Wildman–Crippen LogP) is 2.02. The Morgan fingerprint density at radius 3 is 2.90 bits per heavy atom. The number of ether oxygens (including phenoxy) is 1. The van der Waals surface area contributed by atoms with Crippen LogP contribution in [0, 0.1) is 0 Å². The summed E-state index contributed by atoms with van der Waals surface area (Å²) in [5, 5.41) is 15.8. The minimum Gasteiger partial charge on any atom is -0.496 e. The molecule has 0 amide bonds. The van der Waals surface area contributed by atoms with E-state index in [1.165, 1.54) is 0 Å². The van der Waals surface area contributed by atoms with Crippen LogP contribution in [0.3, 0.4) is 0 Å². The lowest BCUT2D eigenvalue weighted by molar-refractivity contribution is 0.318. The van der Waals surface area contributed by atoms with Gasteiger partial charge < -0.3 is 21.0 Å². The van der Waals surface area contributed by atoms with Crippen molar-refractivity contribution in [3.05, 3.63) is 29.3 Å². The molecule has 0 aromatic heterocycles. The van der Waals surface area contributed by atoms with E-state index >= 15 is 0 Å². The molecule has 1 atom stereocenters. The van der Waals surface area contributed by atoms with Crippen LogP contribution in [0.5, 0.6) is 5.75 Å². The standard InChI is InChI=1S/C14H23N3O2S/c1-10(20-3)6-7-16-9-12-8-11(14(15)17-18)4-5-13(12)19-2/h4-5,8,10,16,18H,6-7,9H2,1-3H3,(H2,15,17). The molecule has 1 rings (SSSR count). The van der Waals surface area contributed by atoms with Gasteiger partial charge in [0.05, 0.1) is 7.11 Å². The molecule has 1 aromatic carbocycles. The Bertz CT molecular complexity index is 452. The van der Waals surface area contributed by atoms with Crippen molar-refractivity contribution < 1.29 is 9.94 Å². The first kappa shape index (κ1) is 16.7. The van der Waals surface area contributed by atoms with E-state index in [1.807, 2.05) is 23.9 Å². The van der Waals surface area contributed by atoms with E-state index in [-0.39, 0.29) is 5.84 Å². The fourth-order valence-electron chi connectivity index (χ4n) is 1.78. The summed E-state index contributed by atoms with van der Waals surface area (Å²) in [6.45, 7) is 3.85. The average molecular weight is 297 g/mol. The zero-order chi connectivity index (χ0) is 15.0. The molecular formula is C14H23N3O2S. The highest BCUT2D eigenvalue weighted by atomic mass is 32.2. The third kappa shape index (κ3) is 4.94. The van der Waals surface area contributed by atoms with Gasteiger partial charge in [0.15, 0.2) is 5.84 Å². The van der Waals surface area contributed by atoms with Gasteiger partial charge in [-0.05, 0) is 37.4 Å². The molecule has 0 fully saturated rings. The first-order valence-electron chi connectivity index (χ1n) is 6.50. The van der Waals surface area contributed by atoms with Crippen LogP contribution in [0.2, 0.25) is 0 Å². The highest BCUT2D eigenvalue weighted by Crippen LogP contribution is 2.20. The highest BCUT2D eigenvalue weighted by molar-refractivity contribution is 7.99. The number of nitrogens with two attached hydrogens (primary N) is 1. The molecular weight excluding hydrogens is 274 g/mol. The average Bonchev–Trinajstić information content (AvgIpc) is 2.50. The number of benzene rings is 1. The lowest BCUT2D eigenvalue weighted by Gasteiger charge is -2.12. The second kappa shape index (κ2) is 8.71. The quantitative estimate of drug-likeness (QED) is 0.225. The maximum atomic E-state index is 8.72. The SMILES string of the molecule is COc1ccc(/C(N)=N/O)cc1CNCCC(C)SC. The second-order valence-electron chi connectivity index (χ2n) is 4.52. The minimum atomic E-state index is 0.102. The fourth-order valence-corrected chi connectivity index (χ4v) is 2.13. The summed E-state index contributed by atoms with van der Waals surface area (Å²) >= 11 is 1.86.